The molecule has 1 aromatic carbocycles. The van der Waals surface area contributed by atoms with Crippen LogP contribution < -0.4 is 0 Å². The number of halogens is 1. The van der Waals surface area contributed by atoms with Gasteiger partial charge in [0.05, 0.1) is 0 Å². The van der Waals surface area contributed by atoms with Crippen molar-refractivity contribution in [1.29, 1.82) is 0 Å². The van der Waals surface area contributed by atoms with E-state index in [0.29, 0.717) is 0 Å². The molecule has 16 heavy (non-hydrogen) atoms. The highest BCUT2D eigenvalue weighted by Crippen LogP contribution is 2.22. The summed E-state index contributed by atoms with van der Waals surface area (Å²) in [6.45, 7) is 8.81. The average Bonchev–Trinajstić information content (AvgIpc) is 2.23. The highest BCUT2D eigenvalue weighted by molar-refractivity contribution is 6.77. The molecule has 2 rings (SSSR count). The van der Waals surface area contributed by atoms with Crippen molar-refractivity contribution in [2.24, 2.45) is 0 Å². The molecule has 1 aliphatic rings. The third-order valence-corrected chi connectivity index (χ3v) is 6.61. The summed E-state index contributed by atoms with van der Waals surface area (Å²) in [7, 11) is -0.791. The molecule has 0 spiro atoms. The van der Waals surface area contributed by atoms with E-state index in [2.05, 4.69) is 48.3 Å². The maximum absolute atomic E-state index is 2.60. The molecule has 0 saturated carbocycles. The molecule has 0 atom stereocenters. The molecule has 0 N–H and O–H groups in total. The van der Waals surface area contributed by atoms with Crippen molar-refractivity contribution in [1.82, 2.24) is 4.90 Å². The van der Waals surface area contributed by atoms with Crippen LogP contribution in [0, 0.1) is 0 Å². The second kappa shape index (κ2) is 5.85. The number of nitrogens with zero attached hydrogens (tertiary/aromatic N) is 1. The van der Waals surface area contributed by atoms with Gasteiger partial charge in [-0.1, -0.05) is 43.4 Å². The van der Waals surface area contributed by atoms with E-state index in [4.69, 9.17) is 0 Å². The molecule has 0 amide bonds. The Balaban J connectivity index is 0.00000128. The predicted octanol–water partition coefficient (Wildman–Crippen LogP) is 3.63. The zero-order chi connectivity index (χ0) is 10.7. The molecular weight excluding hydrogens is 234 g/mol. The van der Waals surface area contributed by atoms with Gasteiger partial charge in [0.15, 0.2) is 0 Å². The molecule has 1 aromatic rings. The van der Waals surface area contributed by atoms with Gasteiger partial charge in [-0.05, 0) is 30.7 Å². The van der Waals surface area contributed by atoms with Crippen LogP contribution in [0.3, 0.4) is 0 Å². The van der Waals surface area contributed by atoms with E-state index in [1.54, 1.807) is 0 Å². The Kier molecular flexibility index (Phi) is 5.03. The van der Waals surface area contributed by atoms with E-state index >= 15 is 0 Å². The summed E-state index contributed by atoms with van der Waals surface area (Å²) in [6, 6.07) is 13.8. The number of rotatable bonds is 2. The topological polar surface area (TPSA) is 3.24 Å². The molecule has 0 radical (unpaired) electrons. The van der Waals surface area contributed by atoms with Gasteiger partial charge in [0.25, 0.3) is 0 Å². The highest BCUT2D eigenvalue weighted by Gasteiger charge is 2.26. The van der Waals surface area contributed by atoms with Crippen LogP contribution in [0.4, 0.5) is 0 Å². The maximum Gasteiger partial charge on any atom is 0.0498 e. The van der Waals surface area contributed by atoms with Gasteiger partial charge in [0.2, 0.25) is 0 Å². The Morgan fingerprint density at radius 2 is 1.62 bits per heavy atom. The molecule has 1 heterocycles. The lowest BCUT2D eigenvalue weighted by molar-refractivity contribution is 0.282. The SMILES string of the molecule is C[Si]1(C)CCN(Cc2ccccc2)CC1.Cl. The zero-order valence-electron chi connectivity index (χ0n) is 10.3. The van der Waals surface area contributed by atoms with E-state index in [0.717, 1.165) is 6.54 Å². The lowest BCUT2D eigenvalue weighted by atomic mass is 10.2. The Morgan fingerprint density at radius 1 is 1.06 bits per heavy atom. The molecule has 3 heteroatoms. The molecule has 1 aliphatic heterocycles. The van der Waals surface area contributed by atoms with Crippen molar-refractivity contribution in [3.63, 3.8) is 0 Å². The lowest BCUT2D eigenvalue weighted by Crippen LogP contribution is -2.42. The molecular formula is C13H22ClNSi. The van der Waals surface area contributed by atoms with Gasteiger partial charge in [0, 0.05) is 14.6 Å². The van der Waals surface area contributed by atoms with Gasteiger partial charge in [-0.15, -0.1) is 12.4 Å². The largest absolute Gasteiger partial charge is 0.300 e. The first-order valence-electron chi connectivity index (χ1n) is 5.92. The second-order valence-corrected chi connectivity index (χ2v) is 10.8. The molecule has 0 aromatic heterocycles. The number of hydrogen-bond acceptors (Lipinski definition) is 1. The first kappa shape index (κ1) is 13.8. The highest BCUT2D eigenvalue weighted by atomic mass is 35.5. The van der Waals surface area contributed by atoms with Crippen LogP contribution in [0.1, 0.15) is 5.56 Å². The van der Waals surface area contributed by atoms with Gasteiger partial charge < -0.3 is 0 Å². The fraction of sp³-hybridized carbons (Fsp3) is 0.538. The normalized spacial score (nSPS) is 20.1. The summed E-state index contributed by atoms with van der Waals surface area (Å²) in [5, 5.41) is 0. The van der Waals surface area contributed by atoms with E-state index in [1.165, 1.54) is 30.7 Å². The minimum Gasteiger partial charge on any atom is -0.300 e. The van der Waals surface area contributed by atoms with E-state index in [1.807, 2.05) is 0 Å². The average molecular weight is 256 g/mol. The maximum atomic E-state index is 2.60. The van der Waals surface area contributed by atoms with Crippen LogP contribution in [0.2, 0.25) is 25.2 Å². The van der Waals surface area contributed by atoms with Crippen molar-refractivity contribution in [3.8, 4) is 0 Å². The standard InChI is InChI=1S/C13H21NSi.ClH/c1-15(2)10-8-14(9-11-15)12-13-6-4-3-5-7-13;/h3-7H,8-12H2,1-2H3;1H. The second-order valence-electron chi connectivity index (χ2n) is 5.43. The molecule has 1 fully saturated rings. The molecule has 1 saturated heterocycles. The summed E-state index contributed by atoms with van der Waals surface area (Å²) >= 11 is 0. The Bertz CT molecular complexity index is 303. The van der Waals surface area contributed by atoms with Gasteiger partial charge in [-0.2, -0.15) is 0 Å². The van der Waals surface area contributed by atoms with Gasteiger partial charge >= 0.3 is 0 Å². The van der Waals surface area contributed by atoms with Crippen LogP contribution in [-0.2, 0) is 6.54 Å². The zero-order valence-corrected chi connectivity index (χ0v) is 12.1. The first-order valence-corrected chi connectivity index (χ1v) is 9.33. The van der Waals surface area contributed by atoms with Crippen molar-refractivity contribution >= 4 is 20.5 Å². The van der Waals surface area contributed by atoms with Crippen molar-refractivity contribution in [2.45, 2.75) is 31.7 Å². The van der Waals surface area contributed by atoms with Gasteiger partial charge in [0.1, 0.15) is 0 Å². The quantitative estimate of drug-likeness (QED) is 0.730. The summed E-state index contributed by atoms with van der Waals surface area (Å²) in [5.74, 6) is 0. The Hall–Kier alpha value is -0.313. The van der Waals surface area contributed by atoms with Crippen LogP contribution in [-0.4, -0.2) is 26.1 Å². The van der Waals surface area contributed by atoms with E-state index < -0.39 is 8.07 Å². The molecule has 0 unspecified atom stereocenters. The Morgan fingerprint density at radius 3 is 2.19 bits per heavy atom. The third kappa shape index (κ3) is 3.93. The minimum absolute atomic E-state index is 0. The van der Waals surface area contributed by atoms with Crippen LogP contribution >= 0.6 is 12.4 Å². The van der Waals surface area contributed by atoms with Crippen molar-refractivity contribution in [2.75, 3.05) is 13.1 Å². The summed E-state index contributed by atoms with van der Waals surface area (Å²) in [6.07, 6.45) is 0. The van der Waals surface area contributed by atoms with Crippen molar-refractivity contribution in [3.05, 3.63) is 35.9 Å². The minimum atomic E-state index is -0.791. The predicted molar refractivity (Wildman–Crippen MR) is 76.1 cm³/mol. The van der Waals surface area contributed by atoms with Crippen LogP contribution in [0.5, 0.6) is 0 Å². The smallest absolute Gasteiger partial charge is 0.0498 e. The fourth-order valence-electron chi connectivity index (χ4n) is 2.16. The van der Waals surface area contributed by atoms with E-state index in [9.17, 15) is 0 Å². The van der Waals surface area contributed by atoms with Crippen molar-refractivity contribution < 1.29 is 0 Å². The summed E-state index contributed by atoms with van der Waals surface area (Å²) in [4.78, 5) is 2.60. The molecule has 1 nitrogen and oxygen atoms in total. The monoisotopic (exact) mass is 255 g/mol. The fourth-order valence-corrected chi connectivity index (χ4v) is 4.25. The van der Waals surface area contributed by atoms with Gasteiger partial charge in [-0.3, -0.25) is 4.90 Å². The first-order chi connectivity index (χ1) is 7.16. The van der Waals surface area contributed by atoms with E-state index in [-0.39, 0.29) is 12.4 Å². The third-order valence-electron chi connectivity index (χ3n) is 3.46. The summed E-state index contributed by atoms with van der Waals surface area (Å²) < 4.78 is 0. The van der Waals surface area contributed by atoms with Crippen LogP contribution in [0.25, 0.3) is 0 Å². The summed E-state index contributed by atoms with van der Waals surface area (Å²) in [5.41, 5.74) is 1.46. The van der Waals surface area contributed by atoms with Crippen LogP contribution in [0.15, 0.2) is 30.3 Å². The number of hydrogen-bond donors (Lipinski definition) is 0. The molecule has 0 bridgehead atoms. The Labute approximate surface area is 106 Å². The number of benzene rings is 1. The molecule has 0 aliphatic carbocycles. The lowest BCUT2D eigenvalue weighted by Gasteiger charge is -2.35. The van der Waals surface area contributed by atoms with Gasteiger partial charge in [-0.25, -0.2) is 0 Å². The molecule has 90 valence electrons.